The van der Waals surface area contributed by atoms with Crippen LogP contribution in [-0.2, 0) is 12.8 Å². The molecule has 84 valence electrons. The van der Waals surface area contributed by atoms with E-state index in [1.54, 1.807) is 0 Å². The lowest BCUT2D eigenvalue weighted by Crippen LogP contribution is -1.96. The Labute approximate surface area is 98.7 Å². The van der Waals surface area contributed by atoms with Crippen molar-refractivity contribution in [2.75, 3.05) is 0 Å². The van der Waals surface area contributed by atoms with Crippen LogP contribution < -0.4 is 0 Å². The molecule has 1 unspecified atom stereocenters. The summed E-state index contributed by atoms with van der Waals surface area (Å²) in [4.78, 5) is 0. The number of halogens is 1. The molecule has 0 N–H and O–H groups in total. The number of hydrogen-bond acceptors (Lipinski definition) is 0. The first-order chi connectivity index (χ1) is 7.22. The Hall–Kier alpha value is -0.490. The zero-order valence-electron chi connectivity index (χ0n) is 10.0. The Morgan fingerprint density at radius 1 is 1.07 bits per heavy atom. The van der Waals surface area contributed by atoms with Gasteiger partial charge in [0, 0.05) is 0 Å². The molecule has 0 aromatic heterocycles. The van der Waals surface area contributed by atoms with E-state index in [1.165, 1.54) is 16.7 Å². The smallest absolute Gasteiger partial charge is 0.0585 e. The van der Waals surface area contributed by atoms with Crippen molar-refractivity contribution in [3.05, 3.63) is 34.9 Å². The van der Waals surface area contributed by atoms with Gasteiger partial charge >= 0.3 is 0 Å². The molecular weight excluding hydrogens is 204 g/mol. The van der Waals surface area contributed by atoms with E-state index in [2.05, 4.69) is 39.0 Å². The van der Waals surface area contributed by atoms with Gasteiger partial charge in [-0.3, -0.25) is 0 Å². The van der Waals surface area contributed by atoms with Crippen LogP contribution in [0.3, 0.4) is 0 Å². The lowest BCUT2D eigenvalue weighted by molar-refractivity contribution is 0.768. The summed E-state index contributed by atoms with van der Waals surface area (Å²) in [7, 11) is 0. The number of benzene rings is 1. The highest BCUT2D eigenvalue weighted by Gasteiger charge is 2.08. The highest BCUT2D eigenvalue weighted by atomic mass is 35.5. The maximum absolute atomic E-state index is 6.33. The number of aryl methyl sites for hydroxylation is 2. The van der Waals surface area contributed by atoms with Crippen molar-refractivity contribution in [3.8, 4) is 0 Å². The predicted molar refractivity (Wildman–Crippen MR) is 68.7 cm³/mol. The van der Waals surface area contributed by atoms with Crippen molar-refractivity contribution in [2.45, 2.75) is 51.8 Å². The Morgan fingerprint density at radius 2 is 1.73 bits per heavy atom. The summed E-state index contributed by atoms with van der Waals surface area (Å²) in [6, 6.07) is 6.71. The van der Waals surface area contributed by atoms with Gasteiger partial charge < -0.3 is 0 Å². The summed E-state index contributed by atoms with van der Waals surface area (Å²) >= 11 is 6.33. The van der Waals surface area contributed by atoms with Gasteiger partial charge in [0.05, 0.1) is 5.38 Å². The van der Waals surface area contributed by atoms with E-state index in [4.69, 9.17) is 11.6 Å². The van der Waals surface area contributed by atoms with Gasteiger partial charge in [0.2, 0.25) is 0 Å². The summed E-state index contributed by atoms with van der Waals surface area (Å²) in [5.74, 6) is 0. The molecular formula is C14H21Cl. The third kappa shape index (κ3) is 3.24. The van der Waals surface area contributed by atoms with Crippen molar-refractivity contribution < 1.29 is 0 Å². The number of hydrogen-bond donors (Lipinski definition) is 0. The lowest BCUT2D eigenvalue weighted by Gasteiger charge is -2.12. The van der Waals surface area contributed by atoms with Crippen LogP contribution in [0.2, 0.25) is 0 Å². The van der Waals surface area contributed by atoms with Gasteiger partial charge in [-0.25, -0.2) is 0 Å². The van der Waals surface area contributed by atoms with E-state index in [1.807, 2.05) is 0 Å². The molecule has 0 radical (unpaired) electrons. The van der Waals surface area contributed by atoms with Crippen LogP contribution in [0.25, 0.3) is 0 Å². The van der Waals surface area contributed by atoms with Crippen molar-refractivity contribution in [3.63, 3.8) is 0 Å². The molecule has 1 heteroatoms. The molecule has 0 fully saturated rings. The van der Waals surface area contributed by atoms with Crippen LogP contribution in [0.15, 0.2) is 18.2 Å². The quantitative estimate of drug-likeness (QED) is 0.625. The summed E-state index contributed by atoms with van der Waals surface area (Å²) in [5, 5.41) is 0.186. The van der Waals surface area contributed by atoms with Gasteiger partial charge in [-0.05, 0) is 36.0 Å². The van der Waals surface area contributed by atoms with Gasteiger partial charge in [-0.2, -0.15) is 0 Å². The van der Waals surface area contributed by atoms with Crippen LogP contribution >= 0.6 is 11.6 Å². The van der Waals surface area contributed by atoms with Crippen LogP contribution in [-0.4, -0.2) is 0 Å². The molecule has 0 aliphatic carbocycles. The molecule has 0 saturated carbocycles. The molecule has 0 amide bonds. The number of rotatable bonds is 5. The maximum Gasteiger partial charge on any atom is 0.0585 e. The molecule has 0 aliphatic rings. The first-order valence-electron chi connectivity index (χ1n) is 5.98. The Kier molecular flexibility index (Phi) is 5.17. The first kappa shape index (κ1) is 12.6. The average molecular weight is 225 g/mol. The van der Waals surface area contributed by atoms with Crippen molar-refractivity contribution >= 4 is 11.6 Å². The number of alkyl halides is 1. The standard InChI is InChI=1S/C14H21Cl/c1-4-7-14(15)13-9-8-11(5-2)12(6-3)10-13/h8-10,14H,4-7H2,1-3H3. The van der Waals surface area contributed by atoms with E-state index in [0.29, 0.717) is 0 Å². The molecule has 0 heterocycles. The molecule has 1 aromatic rings. The van der Waals surface area contributed by atoms with Crippen LogP contribution in [0.1, 0.15) is 55.7 Å². The highest BCUT2D eigenvalue weighted by molar-refractivity contribution is 6.20. The second-order valence-electron chi connectivity index (χ2n) is 3.99. The van der Waals surface area contributed by atoms with Crippen LogP contribution in [0, 0.1) is 0 Å². The second kappa shape index (κ2) is 6.17. The van der Waals surface area contributed by atoms with Crippen molar-refractivity contribution in [2.24, 2.45) is 0 Å². The van der Waals surface area contributed by atoms with E-state index in [0.717, 1.165) is 25.7 Å². The molecule has 15 heavy (non-hydrogen) atoms. The zero-order valence-corrected chi connectivity index (χ0v) is 10.8. The predicted octanol–water partition coefficient (Wildman–Crippen LogP) is 4.89. The van der Waals surface area contributed by atoms with Crippen LogP contribution in [0.4, 0.5) is 0 Å². The minimum atomic E-state index is 0.186. The summed E-state index contributed by atoms with van der Waals surface area (Å²) in [6.45, 7) is 6.59. The molecule has 0 spiro atoms. The fourth-order valence-electron chi connectivity index (χ4n) is 1.93. The molecule has 1 rings (SSSR count). The monoisotopic (exact) mass is 224 g/mol. The largest absolute Gasteiger partial charge is 0.118 e. The third-order valence-electron chi connectivity index (χ3n) is 2.90. The van der Waals surface area contributed by atoms with Crippen molar-refractivity contribution in [1.29, 1.82) is 0 Å². The van der Waals surface area contributed by atoms with E-state index < -0.39 is 0 Å². The van der Waals surface area contributed by atoms with Gasteiger partial charge in [0.15, 0.2) is 0 Å². The van der Waals surface area contributed by atoms with Gasteiger partial charge in [0.25, 0.3) is 0 Å². The maximum atomic E-state index is 6.33. The fourth-order valence-corrected chi connectivity index (χ4v) is 2.29. The minimum absolute atomic E-state index is 0.186. The molecule has 1 atom stereocenters. The summed E-state index contributed by atoms with van der Waals surface area (Å²) < 4.78 is 0. The minimum Gasteiger partial charge on any atom is -0.118 e. The summed E-state index contributed by atoms with van der Waals surface area (Å²) in [5.41, 5.74) is 4.20. The van der Waals surface area contributed by atoms with Gasteiger partial charge in [-0.1, -0.05) is 45.4 Å². The zero-order chi connectivity index (χ0) is 11.3. The highest BCUT2D eigenvalue weighted by Crippen LogP contribution is 2.27. The Morgan fingerprint density at radius 3 is 2.27 bits per heavy atom. The van der Waals surface area contributed by atoms with Gasteiger partial charge in [-0.15, -0.1) is 11.6 Å². The molecule has 0 nitrogen and oxygen atoms in total. The summed E-state index contributed by atoms with van der Waals surface area (Å²) in [6.07, 6.45) is 4.43. The Bertz CT molecular complexity index is 304. The molecule has 1 aromatic carbocycles. The molecule has 0 aliphatic heterocycles. The van der Waals surface area contributed by atoms with E-state index >= 15 is 0 Å². The first-order valence-corrected chi connectivity index (χ1v) is 6.42. The fraction of sp³-hybridized carbons (Fsp3) is 0.571. The topological polar surface area (TPSA) is 0 Å². The average Bonchev–Trinajstić information content (AvgIpc) is 2.28. The molecule has 0 saturated heterocycles. The van der Waals surface area contributed by atoms with E-state index in [9.17, 15) is 0 Å². The second-order valence-corrected chi connectivity index (χ2v) is 4.52. The van der Waals surface area contributed by atoms with E-state index in [-0.39, 0.29) is 5.38 Å². The Balaban J connectivity index is 2.92. The molecule has 0 bridgehead atoms. The van der Waals surface area contributed by atoms with Crippen molar-refractivity contribution in [1.82, 2.24) is 0 Å². The lowest BCUT2D eigenvalue weighted by atomic mass is 9.97. The normalized spacial score (nSPS) is 12.8. The third-order valence-corrected chi connectivity index (χ3v) is 3.37. The van der Waals surface area contributed by atoms with Gasteiger partial charge in [0.1, 0.15) is 0 Å². The van der Waals surface area contributed by atoms with Crippen LogP contribution in [0.5, 0.6) is 0 Å². The SMILES string of the molecule is CCCC(Cl)c1ccc(CC)c(CC)c1.